The molecule has 0 spiro atoms. The van der Waals surface area contributed by atoms with Crippen molar-refractivity contribution in [3.05, 3.63) is 492 Å². The average Bonchev–Trinajstić information content (AvgIpc) is 1.71. The maximum absolute atomic E-state index is 6.72. The van der Waals surface area contributed by atoms with Crippen LogP contribution < -0.4 is 62.4 Å². The predicted octanol–water partition coefficient (Wildman–Crippen LogP) is 21.5. The van der Waals surface area contributed by atoms with Gasteiger partial charge in [-0.1, -0.05) is 400 Å². The van der Waals surface area contributed by atoms with Crippen LogP contribution in [0, 0.1) is 0 Å². The number of hydrogen-bond acceptors (Lipinski definition) is 9. The van der Waals surface area contributed by atoms with E-state index in [1.807, 2.05) is 34.9 Å². The van der Waals surface area contributed by atoms with Crippen molar-refractivity contribution in [2.75, 3.05) is 0 Å². The van der Waals surface area contributed by atoms with Gasteiger partial charge in [0.1, 0.15) is 11.2 Å². The van der Waals surface area contributed by atoms with Crippen LogP contribution in [0.25, 0.3) is 146 Å². The van der Waals surface area contributed by atoms with Crippen LogP contribution in [0.5, 0.6) is 0 Å². The molecule has 0 bridgehead atoms. The van der Waals surface area contributed by atoms with Crippen LogP contribution >= 0.6 is 22.7 Å². The van der Waals surface area contributed by atoms with Crippen LogP contribution in [0.15, 0.2) is 496 Å². The zero-order chi connectivity index (χ0) is 89.4. The third-order valence-electron chi connectivity index (χ3n) is 27.2. The molecule has 0 atom stereocenters. The van der Waals surface area contributed by atoms with Gasteiger partial charge in [-0.2, -0.15) is 0 Å². The quantitative estimate of drug-likeness (QED) is 0.0743. The molecule has 0 aliphatic carbocycles. The Labute approximate surface area is 788 Å². The molecule has 0 aliphatic rings. The Morgan fingerprint density at radius 2 is 0.474 bits per heavy atom. The summed E-state index contributed by atoms with van der Waals surface area (Å²) in [6.07, 6.45) is 10.3. The average molecular weight is 1810 g/mol. The van der Waals surface area contributed by atoms with Gasteiger partial charge in [0.15, 0.2) is 16.1 Å². The monoisotopic (exact) mass is 1810 g/mol. The molecule has 0 fully saturated rings. The van der Waals surface area contributed by atoms with Gasteiger partial charge in [-0.15, -0.1) is 22.7 Å². The van der Waals surface area contributed by atoms with Crippen molar-refractivity contribution in [2.45, 2.75) is 0 Å². The summed E-state index contributed by atoms with van der Waals surface area (Å²) >= 11 is 3.78. The molecule has 0 amide bonds. The second-order valence-corrected chi connectivity index (χ2v) is 47.5. The lowest BCUT2D eigenvalue weighted by atomic mass is 10.1. The molecule has 27 rings (SSSR count). The molecule has 0 saturated carbocycles. The van der Waals surface area contributed by atoms with Crippen molar-refractivity contribution in [3.8, 4) is 17.8 Å². The molecule has 10 nitrogen and oxygen atoms in total. The van der Waals surface area contributed by atoms with Crippen LogP contribution in [0.3, 0.4) is 0 Å². The van der Waals surface area contributed by atoms with Crippen LogP contribution in [0.1, 0.15) is 0 Å². The predicted molar refractivity (Wildman–Crippen MR) is 573 cm³/mol. The molecule has 27 aromatic rings. The molecule has 15 heteroatoms. The van der Waals surface area contributed by atoms with Crippen molar-refractivity contribution in [1.29, 1.82) is 0 Å². The third-order valence-corrected chi connectivity index (χ3v) is 44.1. The summed E-state index contributed by atoms with van der Waals surface area (Å²) in [6, 6.07) is 165. The lowest BCUT2D eigenvalue weighted by molar-refractivity contribution is 0.671. The van der Waals surface area contributed by atoms with Crippen LogP contribution in [-0.4, -0.2) is 67.8 Å². The van der Waals surface area contributed by atoms with Crippen molar-refractivity contribution in [1.82, 2.24) is 43.6 Å². The zero-order valence-electron chi connectivity index (χ0n) is 73.0. The molecular weight excluding hydrogens is 1730 g/mol. The highest BCUT2D eigenvalue weighted by molar-refractivity contribution is 7.31. The molecule has 0 N–H and O–H groups in total. The Kier molecular flexibility index (Phi) is 20.1. The zero-order valence-corrected chi connectivity index (χ0v) is 77.6. The van der Waals surface area contributed by atoms with E-state index in [1.54, 1.807) is 0 Å². The Morgan fingerprint density at radius 1 is 0.200 bits per heavy atom. The Bertz CT molecular complexity index is 8520. The molecule has 9 heterocycles. The fraction of sp³-hybridized carbons (Fsp3) is 0. The van der Waals surface area contributed by atoms with E-state index in [0.717, 1.165) is 70.7 Å². The van der Waals surface area contributed by atoms with Crippen molar-refractivity contribution in [2.24, 2.45) is 0 Å². The molecule has 636 valence electrons. The minimum absolute atomic E-state index is 0.655. The molecule has 0 saturated heterocycles. The number of fused-ring (bicyclic) bond motifs is 18. The Morgan fingerprint density at radius 3 is 0.844 bits per heavy atom. The summed E-state index contributed by atoms with van der Waals surface area (Å²) in [7, 11) is -8.80. The number of nitrogens with zero attached hydrogens (tertiary/aromatic N) is 9. The van der Waals surface area contributed by atoms with E-state index in [9.17, 15) is 0 Å². The molecule has 0 aliphatic heterocycles. The topological polar surface area (TPSA) is 105 Å². The van der Waals surface area contributed by atoms with Crippen LogP contribution in [0.2, 0.25) is 0 Å². The van der Waals surface area contributed by atoms with Crippen molar-refractivity contribution in [3.63, 3.8) is 0 Å². The second-order valence-electron chi connectivity index (χ2n) is 34.2. The first-order valence-electron chi connectivity index (χ1n) is 45.5. The van der Waals surface area contributed by atoms with E-state index in [2.05, 4.69) is 493 Å². The molecule has 9 aromatic heterocycles. The van der Waals surface area contributed by atoms with Crippen LogP contribution in [-0.2, 0) is 0 Å². The molecule has 135 heavy (non-hydrogen) atoms. The maximum Gasteiger partial charge on any atom is 0.234 e. The van der Waals surface area contributed by atoms with Gasteiger partial charge in [-0.3, -0.25) is 13.7 Å². The van der Waals surface area contributed by atoms with Crippen LogP contribution in [0.4, 0.5) is 0 Å². The number of aromatic nitrogens is 9. The van der Waals surface area contributed by atoms with Gasteiger partial charge in [-0.05, 0) is 118 Å². The number of hydrogen-bond donors (Lipinski definition) is 0. The van der Waals surface area contributed by atoms with Gasteiger partial charge in [0.05, 0.1) is 33.1 Å². The minimum Gasteiger partial charge on any atom is -0.456 e. The van der Waals surface area contributed by atoms with Crippen molar-refractivity contribution < 1.29 is 4.42 Å². The SMILES string of the molecule is c1ccc([Si](c2ccccc2)(c2ccnc(-n3c4ccccc4c4ccccc43)n2)c2cccc3c2sc2ccccc23)cc1.c1ccc([Si](c2ccccc2)(c2cnc(-n3c4ccccc4c4ccccc43)nc2)c2cccc3c2oc2ccccc23)cc1.c1ccc([Si](c2ccccc2)(c2cnc(-n3c4ccccc4c4ccccc43)nc2)c2cccc3c2sc2ccccc23)cc1. The summed E-state index contributed by atoms with van der Waals surface area (Å²) in [4.78, 5) is 31.2. The van der Waals surface area contributed by atoms with Gasteiger partial charge >= 0.3 is 0 Å². The summed E-state index contributed by atoms with van der Waals surface area (Å²) in [5, 5.41) is 29.6. The highest BCUT2D eigenvalue weighted by Crippen LogP contribution is 2.39. The van der Waals surface area contributed by atoms with E-state index in [1.165, 1.54) is 119 Å². The molecule has 0 radical (unpaired) electrons. The summed E-state index contributed by atoms with van der Waals surface area (Å²) in [5.74, 6) is 2.03. The second kappa shape index (κ2) is 33.7. The van der Waals surface area contributed by atoms with Gasteiger partial charge in [0, 0.05) is 120 Å². The maximum atomic E-state index is 6.72. The first-order valence-corrected chi connectivity index (χ1v) is 53.1. The normalized spacial score (nSPS) is 12.0. The standard InChI is InChI=1S/C40H27N3OSi.2C40H27N3SSi/c2*1-3-14-28(15-4-1)45(29-16-5-2-6-17-29,38-25-13-21-34-33-20-9-12-24-37(33)44-39(34)38)30-26-41-40(42-27-30)43-35-22-10-7-18-31(35)32-19-8-11-23-36(32)43;1-3-14-28(15-4-1)45(29-16-5-2-6-17-29,37-25-13-21-33-32-20-9-12-24-36(32)44-39(33)37)38-26-27-41-40(42-38)43-34-22-10-7-18-30(34)31-19-8-11-23-35(31)43/h3*1-27H. The summed E-state index contributed by atoms with van der Waals surface area (Å²) < 4.78 is 18.6. The number of furan rings is 1. The highest BCUT2D eigenvalue weighted by atomic mass is 32.1. The summed E-state index contributed by atoms with van der Waals surface area (Å²) in [6.45, 7) is 0. The smallest absolute Gasteiger partial charge is 0.234 e. The lowest BCUT2D eigenvalue weighted by Crippen LogP contribution is -2.75. The lowest BCUT2D eigenvalue weighted by Gasteiger charge is -2.34. The number of thiophene rings is 2. The summed E-state index contributed by atoms with van der Waals surface area (Å²) in [5.41, 5.74) is 8.42. The van der Waals surface area contributed by atoms with E-state index in [-0.39, 0.29) is 0 Å². The molecule has 0 unspecified atom stereocenters. The first kappa shape index (κ1) is 80.6. The third kappa shape index (κ3) is 13.1. The number of para-hydroxylation sites is 8. The fourth-order valence-electron chi connectivity index (χ4n) is 21.4. The first-order chi connectivity index (χ1) is 67.0. The Hall–Kier alpha value is -16.5. The number of benzene rings is 18. The van der Waals surface area contributed by atoms with E-state index < -0.39 is 24.2 Å². The highest BCUT2D eigenvalue weighted by Gasteiger charge is 2.48. The van der Waals surface area contributed by atoms with Gasteiger partial charge < -0.3 is 4.42 Å². The largest absolute Gasteiger partial charge is 0.456 e. The fourth-order valence-corrected chi connectivity index (χ4v) is 38.9. The molecule has 18 aromatic carbocycles. The van der Waals surface area contributed by atoms with Gasteiger partial charge in [0.25, 0.3) is 0 Å². The van der Waals surface area contributed by atoms with Crippen molar-refractivity contribution >= 4 is 237 Å². The van der Waals surface area contributed by atoms with Gasteiger partial charge in [0.2, 0.25) is 25.9 Å². The van der Waals surface area contributed by atoms with E-state index in [0.29, 0.717) is 17.8 Å². The van der Waals surface area contributed by atoms with Gasteiger partial charge in [-0.25, -0.2) is 29.9 Å². The van der Waals surface area contributed by atoms with E-state index >= 15 is 0 Å². The number of rotatable bonds is 15. The van der Waals surface area contributed by atoms with E-state index in [4.69, 9.17) is 34.3 Å². The minimum atomic E-state index is -2.97. The molecular formula is C120H81N9OS2Si3. The Balaban J connectivity index is 0.000000108.